The Labute approximate surface area is 77.1 Å². The zero-order valence-corrected chi connectivity index (χ0v) is 7.75. The highest BCUT2D eigenvalue weighted by Crippen LogP contribution is 2.49. The number of aliphatic carboxylic acids is 1. The van der Waals surface area contributed by atoms with Gasteiger partial charge in [-0.1, -0.05) is 0 Å². The Kier molecular flexibility index (Phi) is 1.72. The highest BCUT2D eigenvalue weighted by Gasteiger charge is 2.52. The lowest BCUT2D eigenvalue weighted by molar-refractivity contribution is -0.152. The Balaban J connectivity index is 2.14. The summed E-state index contributed by atoms with van der Waals surface area (Å²) in [5.74, 6) is -0.0173. The fourth-order valence-corrected chi connectivity index (χ4v) is 2.28. The molecule has 0 spiro atoms. The molecule has 72 valence electrons. The quantitative estimate of drug-likeness (QED) is 0.658. The smallest absolute Gasteiger partial charge is 0.316 e. The number of ketones is 1. The average molecular weight is 182 g/mol. The highest BCUT2D eigenvalue weighted by atomic mass is 16.4. The van der Waals surface area contributed by atoms with E-state index in [0.29, 0.717) is 24.7 Å². The van der Waals surface area contributed by atoms with Crippen LogP contribution in [0.3, 0.4) is 0 Å². The molecule has 0 aromatic rings. The molecule has 2 aliphatic rings. The Morgan fingerprint density at radius 3 is 2.46 bits per heavy atom. The summed E-state index contributed by atoms with van der Waals surface area (Å²) in [7, 11) is 0. The van der Waals surface area contributed by atoms with E-state index in [9.17, 15) is 9.59 Å². The molecule has 3 heteroatoms. The summed E-state index contributed by atoms with van der Waals surface area (Å²) in [5.41, 5.74) is -1.08. The van der Waals surface area contributed by atoms with E-state index in [4.69, 9.17) is 5.11 Å². The van der Waals surface area contributed by atoms with Crippen molar-refractivity contribution in [2.45, 2.75) is 32.6 Å². The third-order valence-electron chi connectivity index (χ3n) is 3.49. The molecule has 0 radical (unpaired) electrons. The monoisotopic (exact) mass is 182 g/mol. The standard InChI is InChI=1S/C10H14O3/c1-10(9(12)13)5-7(4-8(10)11)6-2-3-6/h6-7H,2-5H2,1H3,(H,12,13). The fourth-order valence-electron chi connectivity index (χ4n) is 2.28. The number of carbonyl (C=O) groups is 2. The highest BCUT2D eigenvalue weighted by molar-refractivity contribution is 6.04. The van der Waals surface area contributed by atoms with Crippen LogP contribution in [0.2, 0.25) is 0 Å². The number of carboxylic acids is 1. The van der Waals surface area contributed by atoms with Crippen LogP contribution in [-0.2, 0) is 9.59 Å². The second-order valence-electron chi connectivity index (χ2n) is 4.57. The number of hydrogen-bond donors (Lipinski definition) is 1. The summed E-state index contributed by atoms with van der Waals surface area (Å²) >= 11 is 0. The molecule has 2 fully saturated rings. The predicted molar refractivity (Wildman–Crippen MR) is 46.2 cm³/mol. The Morgan fingerprint density at radius 2 is 2.08 bits per heavy atom. The molecule has 0 amide bonds. The molecule has 13 heavy (non-hydrogen) atoms. The molecule has 0 aliphatic heterocycles. The van der Waals surface area contributed by atoms with Crippen LogP contribution in [0.1, 0.15) is 32.6 Å². The molecule has 1 N–H and O–H groups in total. The number of carboxylic acid groups (broad SMARTS) is 1. The first kappa shape index (κ1) is 8.73. The van der Waals surface area contributed by atoms with Crippen molar-refractivity contribution in [3.63, 3.8) is 0 Å². The van der Waals surface area contributed by atoms with E-state index in [1.165, 1.54) is 12.8 Å². The van der Waals surface area contributed by atoms with Crippen LogP contribution < -0.4 is 0 Å². The third kappa shape index (κ3) is 1.26. The van der Waals surface area contributed by atoms with Crippen molar-refractivity contribution in [3.05, 3.63) is 0 Å². The number of carbonyl (C=O) groups excluding carboxylic acids is 1. The predicted octanol–water partition coefficient (Wildman–Crippen LogP) is 1.47. The van der Waals surface area contributed by atoms with Crippen LogP contribution >= 0.6 is 0 Å². The summed E-state index contributed by atoms with van der Waals surface area (Å²) < 4.78 is 0. The lowest BCUT2D eigenvalue weighted by atomic mass is 9.86. The van der Waals surface area contributed by atoms with Gasteiger partial charge in [0.15, 0.2) is 0 Å². The van der Waals surface area contributed by atoms with Gasteiger partial charge in [0, 0.05) is 6.42 Å². The Hall–Kier alpha value is -0.860. The summed E-state index contributed by atoms with van der Waals surface area (Å²) in [6.45, 7) is 1.57. The molecule has 2 atom stereocenters. The lowest BCUT2D eigenvalue weighted by Crippen LogP contribution is -2.31. The van der Waals surface area contributed by atoms with Crippen molar-refractivity contribution >= 4 is 11.8 Å². The number of hydrogen-bond acceptors (Lipinski definition) is 2. The molecular formula is C10H14O3. The van der Waals surface area contributed by atoms with Crippen molar-refractivity contribution in [1.29, 1.82) is 0 Å². The van der Waals surface area contributed by atoms with Gasteiger partial charge in [0.25, 0.3) is 0 Å². The van der Waals surface area contributed by atoms with Crippen molar-refractivity contribution in [2.75, 3.05) is 0 Å². The first-order valence-corrected chi connectivity index (χ1v) is 4.81. The average Bonchev–Trinajstić information content (AvgIpc) is 2.81. The van der Waals surface area contributed by atoms with Gasteiger partial charge in [-0.3, -0.25) is 9.59 Å². The molecule has 0 heterocycles. The van der Waals surface area contributed by atoms with Crippen LogP contribution in [0.15, 0.2) is 0 Å². The van der Waals surface area contributed by atoms with E-state index < -0.39 is 11.4 Å². The molecule has 0 saturated heterocycles. The Morgan fingerprint density at radius 1 is 1.46 bits per heavy atom. The van der Waals surface area contributed by atoms with Gasteiger partial charge in [-0.2, -0.15) is 0 Å². The van der Waals surface area contributed by atoms with E-state index in [0.717, 1.165) is 0 Å². The summed E-state index contributed by atoms with van der Waals surface area (Å²) in [4.78, 5) is 22.4. The molecule has 2 rings (SSSR count). The SMILES string of the molecule is CC1(C(=O)O)CC(C2CC2)CC1=O. The topological polar surface area (TPSA) is 54.4 Å². The molecule has 2 unspecified atom stereocenters. The van der Waals surface area contributed by atoms with E-state index in [-0.39, 0.29) is 5.78 Å². The maximum atomic E-state index is 11.5. The van der Waals surface area contributed by atoms with Gasteiger partial charge < -0.3 is 5.11 Å². The van der Waals surface area contributed by atoms with Crippen molar-refractivity contribution in [1.82, 2.24) is 0 Å². The summed E-state index contributed by atoms with van der Waals surface area (Å²) in [6.07, 6.45) is 3.43. The maximum absolute atomic E-state index is 11.5. The largest absolute Gasteiger partial charge is 0.481 e. The van der Waals surface area contributed by atoms with Crippen LogP contribution in [0, 0.1) is 17.3 Å². The van der Waals surface area contributed by atoms with E-state index in [1.54, 1.807) is 6.92 Å². The summed E-state index contributed by atoms with van der Waals surface area (Å²) in [6, 6.07) is 0. The second kappa shape index (κ2) is 2.56. The van der Waals surface area contributed by atoms with Gasteiger partial charge in [0.05, 0.1) is 0 Å². The number of rotatable bonds is 2. The molecule has 0 aromatic heterocycles. The van der Waals surface area contributed by atoms with Crippen LogP contribution in [0.5, 0.6) is 0 Å². The van der Waals surface area contributed by atoms with Gasteiger partial charge in [-0.25, -0.2) is 0 Å². The van der Waals surface area contributed by atoms with Crippen molar-refractivity contribution in [3.8, 4) is 0 Å². The third-order valence-corrected chi connectivity index (χ3v) is 3.49. The minimum atomic E-state index is -1.08. The lowest BCUT2D eigenvalue weighted by Gasteiger charge is -2.15. The first-order chi connectivity index (χ1) is 6.04. The van der Waals surface area contributed by atoms with E-state index >= 15 is 0 Å². The first-order valence-electron chi connectivity index (χ1n) is 4.81. The Bertz CT molecular complexity index is 267. The van der Waals surface area contributed by atoms with Crippen LogP contribution in [0.25, 0.3) is 0 Å². The van der Waals surface area contributed by atoms with E-state index in [2.05, 4.69) is 0 Å². The minimum Gasteiger partial charge on any atom is -0.481 e. The molecule has 3 nitrogen and oxygen atoms in total. The van der Waals surface area contributed by atoms with E-state index in [1.807, 2.05) is 0 Å². The second-order valence-corrected chi connectivity index (χ2v) is 4.57. The molecule has 0 aromatic carbocycles. The zero-order chi connectivity index (χ0) is 9.64. The van der Waals surface area contributed by atoms with Gasteiger partial charge >= 0.3 is 5.97 Å². The van der Waals surface area contributed by atoms with Gasteiger partial charge in [-0.05, 0) is 38.0 Å². The van der Waals surface area contributed by atoms with Gasteiger partial charge in [-0.15, -0.1) is 0 Å². The normalized spacial score (nSPS) is 39.5. The minimum absolute atomic E-state index is 0.0723. The van der Waals surface area contributed by atoms with Gasteiger partial charge in [0.1, 0.15) is 11.2 Å². The van der Waals surface area contributed by atoms with Crippen LogP contribution in [-0.4, -0.2) is 16.9 Å². The van der Waals surface area contributed by atoms with Gasteiger partial charge in [0.2, 0.25) is 0 Å². The molecule has 2 saturated carbocycles. The molecular weight excluding hydrogens is 168 g/mol. The zero-order valence-electron chi connectivity index (χ0n) is 7.75. The molecule has 0 bridgehead atoms. The van der Waals surface area contributed by atoms with Crippen LogP contribution in [0.4, 0.5) is 0 Å². The maximum Gasteiger partial charge on any atom is 0.316 e. The summed E-state index contributed by atoms with van der Waals surface area (Å²) in [5, 5.41) is 8.94. The number of Topliss-reactive ketones (excluding diaryl/α,β-unsaturated/α-hetero) is 1. The fraction of sp³-hybridized carbons (Fsp3) is 0.800. The van der Waals surface area contributed by atoms with Crippen molar-refractivity contribution < 1.29 is 14.7 Å². The molecule has 2 aliphatic carbocycles. The van der Waals surface area contributed by atoms with Crippen molar-refractivity contribution in [2.24, 2.45) is 17.3 Å².